The van der Waals surface area contributed by atoms with Crippen molar-refractivity contribution in [3.63, 3.8) is 0 Å². The highest BCUT2D eigenvalue weighted by Crippen LogP contribution is 2.28. The molecule has 0 radical (unpaired) electrons. The predicted molar refractivity (Wildman–Crippen MR) is 117 cm³/mol. The molecule has 2 atom stereocenters. The summed E-state index contributed by atoms with van der Waals surface area (Å²) in [6.07, 6.45) is 1.50. The Labute approximate surface area is 182 Å². The molecule has 0 aliphatic carbocycles. The van der Waals surface area contributed by atoms with Gasteiger partial charge in [0, 0.05) is 43.7 Å². The van der Waals surface area contributed by atoms with E-state index < -0.39 is 10.5 Å². The lowest BCUT2D eigenvalue weighted by atomic mass is 9.97. The number of likely N-dealkylation sites (tertiary alicyclic amines) is 1. The topological polar surface area (TPSA) is 93.0 Å². The average molecular weight is 438 g/mol. The van der Waals surface area contributed by atoms with Crippen LogP contribution < -0.4 is 0 Å². The Morgan fingerprint density at radius 3 is 2.53 bits per heavy atom. The number of carbonyl (C=O) groups excluding carboxylic acids is 2. The minimum atomic E-state index is -0.537. The summed E-state index contributed by atoms with van der Waals surface area (Å²) in [6, 6.07) is 6.23. The largest absolute Gasteiger partial charge is 0.444 e. The molecule has 0 saturated carbocycles. The average Bonchev–Trinajstić information content (AvgIpc) is 2.66. The van der Waals surface area contributed by atoms with E-state index in [9.17, 15) is 19.7 Å². The molecule has 2 rings (SSSR count). The summed E-state index contributed by atoms with van der Waals surface area (Å²) in [5.41, 5.74) is -0.504. The van der Waals surface area contributed by atoms with E-state index in [1.807, 2.05) is 32.6 Å². The molecule has 0 spiro atoms. The van der Waals surface area contributed by atoms with Gasteiger partial charge in [0.1, 0.15) is 5.60 Å². The third-order valence-electron chi connectivity index (χ3n) is 4.78. The second kappa shape index (κ2) is 10.1. The number of hydrogen-bond acceptors (Lipinski definition) is 6. The number of rotatable bonds is 6. The molecule has 1 fully saturated rings. The van der Waals surface area contributed by atoms with E-state index in [1.54, 1.807) is 24.1 Å². The minimum Gasteiger partial charge on any atom is -0.444 e. The van der Waals surface area contributed by atoms with E-state index >= 15 is 0 Å². The van der Waals surface area contributed by atoms with Gasteiger partial charge in [0.15, 0.2) is 0 Å². The molecule has 30 heavy (non-hydrogen) atoms. The SMILES string of the molecule is CC(Sc1ccc([N+](=O)[O-])cc1)C(=O)N1CCCC(CN(C)C(=O)OC(C)(C)C)C1. The minimum absolute atomic E-state index is 0.0336. The van der Waals surface area contributed by atoms with Gasteiger partial charge >= 0.3 is 6.09 Å². The molecule has 0 aromatic heterocycles. The van der Waals surface area contributed by atoms with Crippen LogP contribution in [0.5, 0.6) is 0 Å². The van der Waals surface area contributed by atoms with Crippen LogP contribution in [0.15, 0.2) is 29.2 Å². The first-order chi connectivity index (χ1) is 14.0. The van der Waals surface area contributed by atoms with Gasteiger partial charge in [-0.15, -0.1) is 11.8 Å². The number of benzene rings is 1. The van der Waals surface area contributed by atoms with E-state index in [0.29, 0.717) is 19.6 Å². The number of ether oxygens (including phenoxy) is 1. The van der Waals surface area contributed by atoms with E-state index in [0.717, 1.165) is 17.7 Å². The molecule has 0 bridgehead atoms. The summed E-state index contributed by atoms with van der Waals surface area (Å²) in [7, 11) is 1.72. The van der Waals surface area contributed by atoms with Crippen LogP contribution in [0.1, 0.15) is 40.5 Å². The molecule has 2 unspecified atom stereocenters. The maximum Gasteiger partial charge on any atom is 0.410 e. The van der Waals surface area contributed by atoms with Crippen LogP contribution in [0.25, 0.3) is 0 Å². The Morgan fingerprint density at radius 1 is 1.33 bits per heavy atom. The Balaban J connectivity index is 1.89. The summed E-state index contributed by atoms with van der Waals surface area (Å²) in [5.74, 6) is 0.250. The molecule has 0 N–H and O–H groups in total. The fraction of sp³-hybridized carbons (Fsp3) is 0.619. The van der Waals surface area contributed by atoms with Gasteiger partial charge in [0.25, 0.3) is 5.69 Å². The normalized spacial score (nSPS) is 17.9. The lowest BCUT2D eigenvalue weighted by Gasteiger charge is -2.36. The van der Waals surface area contributed by atoms with Gasteiger partial charge in [0.05, 0.1) is 10.2 Å². The van der Waals surface area contributed by atoms with Crippen molar-refractivity contribution in [3.05, 3.63) is 34.4 Å². The summed E-state index contributed by atoms with van der Waals surface area (Å²) < 4.78 is 5.40. The lowest BCUT2D eigenvalue weighted by Crippen LogP contribution is -2.46. The first-order valence-corrected chi connectivity index (χ1v) is 11.0. The highest BCUT2D eigenvalue weighted by Gasteiger charge is 2.29. The zero-order valence-corrected chi connectivity index (χ0v) is 19.1. The molecular weight excluding hydrogens is 406 g/mol. The highest BCUT2D eigenvalue weighted by molar-refractivity contribution is 8.00. The molecular formula is C21H31N3O5S. The number of carbonyl (C=O) groups is 2. The quantitative estimate of drug-likeness (QED) is 0.376. The summed E-state index contributed by atoms with van der Waals surface area (Å²) >= 11 is 1.39. The second-order valence-corrected chi connectivity index (χ2v) is 10.1. The van der Waals surface area contributed by atoms with E-state index in [4.69, 9.17) is 4.74 Å². The standard InChI is InChI=1S/C21H31N3O5S/c1-15(30-18-10-8-17(9-11-18)24(27)28)19(25)23-12-6-7-16(14-23)13-22(5)20(26)29-21(2,3)4/h8-11,15-16H,6-7,12-14H2,1-5H3. The van der Waals surface area contributed by atoms with Crippen molar-refractivity contribution in [3.8, 4) is 0 Å². The first kappa shape index (κ1) is 24.0. The maximum atomic E-state index is 12.9. The van der Waals surface area contributed by atoms with Crippen molar-refractivity contribution in [2.24, 2.45) is 5.92 Å². The van der Waals surface area contributed by atoms with Crippen molar-refractivity contribution in [2.45, 2.75) is 56.3 Å². The molecule has 1 aliphatic rings. The van der Waals surface area contributed by atoms with Gasteiger partial charge in [-0.1, -0.05) is 0 Å². The Hall–Kier alpha value is -2.29. The Morgan fingerprint density at radius 2 is 1.97 bits per heavy atom. The number of piperidine rings is 1. The van der Waals surface area contributed by atoms with Crippen LogP contribution in [0.4, 0.5) is 10.5 Å². The Kier molecular flexibility index (Phi) is 8.11. The summed E-state index contributed by atoms with van der Waals surface area (Å²) in [6.45, 7) is 9.22. The molecule has 1 saturated heterocycles. The molecule has 1 heterocycles. The van der Waals surface area contributed by atoms with Gasteiger partial charge in [-0.25, -0.2) is 4.79 Å². The fourth-order valence-electron chi connectivity index (χ4n) is 3.37. The van der Waals surface area contributed by atoms with Crippen molar-refractivity contribution < 1.29 is 19.2 Å². The maximum absolute atomic E-state index is 12.9. The van der Waals surface area contributed by atoms with Crippen LogP contribution in [0.3, 0.4) is 0 Å². The second-order valence-electron chi connectivity index (χ2n) is 8.66. The van der Waals surface area contributed by atoms with Gasteiger partial charge < -0.3 is 14.5 Å². The van der Waals surface area contributed by atoms with Crippen LogP contribution in [0, 0.1) is 16.0 Å². The third kappa shape index (κ3) is 7.19. The molecule has 8 nitrogen and oxygen atoms in total. The van der Waals surface area contributed by atoms with Crippen molar-refractivity contribution in [2.75, 3.05) is 26.7 Å². The number of nitro benzene ring substituents is 1. The molecule has 1 aromatic carbocycles. The number of hydrogen-bond donors (Lipinski definition) is 0. The summed E-state index contributed by atoms with van der Waals surface area (Å²) in [5, 5.41) is 10.5. The first-order valence-electron chi connectivity index (χ1n) is 10.1. The summed E-state index contributed by atoms with van der Waals surface area (Å²) in [4.78, 5) is 39.7. The van der Waals surface area contributed by atoms with Gasteiger partial charge in [-0.2, -0.15) is 0 Å². The number of amides is 2. The van der Waals surface area contributed by atoms with E-state index in [2.05, 4.69) is 0 Å². The van der Waals surface area contributed by atoms with E-state index in [1.165, 1.54) is 23.9 Å². The molecule has 2 amide bonds. The number of thioether (sulfide) groups is 1. The van der Waals surface area contributed by atoms with Gasteiger partial charge in [-0.05, 0) is 58.6 Å². The fourth-order valence-corrected chi connectivity index (χ4v) is 4.33. The van der Waals surface area contributed by atoms with Crippen LogP contribution in [-0.4, -0.2) is 64.3 Å². The molecule has 166 valence electrons. The van der Waals surface area contributed by atoms with Crippen LogP contribution in [-0.2, 0) is 9.53 Å². The van der Waals surface area contributed by atoms with Crippen molar-refractivity contribution in [1.29, 1.82) is 0 Å². The Bertz CT molecular complexity index is 763. The van der Waals surface area contributed by atoms with Crippen LogP contribution in [0.2, 0.25) is 0 Å². The zero-order chi connectivity index (χ0) is 22.5. The third-order valence-corrected chi connectivity index (χ3v) is 5.88. The number of non-ortho nitro benzene ring substituents is 1. The van der Waals surface area contributed by atoms with E-state index in [-0.39, 0.29) is 28.9 Å². The van der Waals surface area contributed by atoms with Gasteiger partial charge in [0.2, 0.25) is 5.91 Å². The smallest absolute Gasteiger partial charge is 0.410 e. The zero-order valence-electron chi connectivity index (χ0n) is 18.3. The van der Waals surface area contributed by atoms with Crippen LogP contribution >= 0.6 is 11.8 Å². The number of nitro groups is 1. The lowest BCUT2D eigenvalue weighted by molar-refractivity contribution is -0.384. The van der Waals surface area contributed by atoms with Crippen molar-refractivity contribution >= 4 is 29.4 Å². The monoisotopic (exact) mass is 437 g/mol. The number of nitrogens with zero attached hydrogens (tertiary/aromatic N) is 3. The molecule has 1 aliphatic heterocycles. The highest BCUT2D eigenvalue weighted by atomic mass is 32.2. The van der Waals surface area contributed by atoms with Crippen molar-refractivity contribution in [1.82, 2.24) is 9.80 Å². The van der Waals surface area contributed by atoms with Gasteiger partial charge in [-0.3, -0.25) is 14.9 Å². The molecule has 9 heteroatoms. The predicted octanol–water partition coefficient (Wildman–Crippen LogP) is 4.18. The molecule has 1 aromatic rings.